The number of ether oxygens (including phenoxy) is 3. The molecule has 0 bridgehead atoms. The molecule has 9 rings (SSSR count). The minimum atomic E-state index is -5.16. The highest BCUT2D eigenvalue weighted by molar-refractivity contribution is 5.90. The van der Waals surface area contributed by atoms with Crippen LogP contribution in [0.25, 0.3) is 65.7 Å². The summed E-state index contributed by atoms with van der Waals surface area (Å²) in [4.78, 5) is 0. The number of aryl methyl sites for hydroxylation is 3. The van der Waals surface area contributed by atoms with Crippen LogP contribution in [0.2, 0.25) is 0 Å². The summed E-state index contributed by atoms with van der Waals surface area (Å²) in [6.07, 6.45) is -8.71. The van der Waals surface area contributed by atoms with Crippen molar-refractivity contribution in [3.05, 3.63) is 210 Å². The molecule has 9 aromatic carbocycles. The molecule has 0 aromatic heterocycles. The monoisotopic (exact) mass is 1080 g/mol. The minimum absolute atomic E-state index is 0.131. The fraction of sp³-hybridized carbons (Fsp3) is 0.167. The van der Waals surface area contributed by atoms with Crippen molar-refractivity contribution in [2.75, 3.05) is 0 Å². The number of hydrogen-bond acceptors (Lipinski definition) is 3. The van der Waals surface area contributed by atoms with E-state index < -0.39 is 65.4 Å². The second-order valence-corrected chi connectivity index (χ2v) is 17.4. The fourth-order valence-corrected chi connectivity index (χ4v) is 8.28. The van der Waals surface area contributed by atoms with Gasteiger partial charge in [-0.1, -0.05) is 123 Å². The molecule has 0 aliphatic carbocycles. The third-order valence-electron chi connectivity index (χ3n) is 11.9. The molecule has 0 amide bonds. The Morgan fingerprint density at radius 3 is 1.06 bits per heavy atom. The average Bonchev–Trinajstić information content (AvgIpc) is 3.37. The largest absolute Gasteiger partial charge is 0.573 e. The van der Waals surface area contributed by atoms with Crippen LogP contribution in [-0.4, -0.2) is 19.1 Å². The Kier molecular flexibility index (Phi) is 17.5. The Labute approximate surface area is 432 Å². The number of benzene rings is 9. The quantitative estimate of drug-likeness (QED) is 0.0901. The van der Waals surface area contributed by atoms with Crippen molar-refractivity contribution >= 4 is 32.3 Å². The van der Waals surface area contributed by atoms with E-state index in [-0.39, 0.29) is 11.1 Å². The van der Waals surface area contributed by atoms with Crippen molar-refractivity contribution < 1.29 is 75.7 Å². The van der Waals surface area contributed by atoms with Crippen molar-refractivity contribution in [3.63, 3.8) is 0 Å². The number of halogens is 14. The van der Waals surface area contributed by atoms with Crippen molar-refractivity contribution in [1.29, 1.82) is 0 Å². The van der Waals surface area contributed by atoms with Crippen LogP contribution in [0.5, 0.6) is 17.2 Å². The third kappa shape index (κ3) is 15.3. The van der Waals surface area contributed by atoms with Gasteiger partial charge in [0.2, 0.25) is 11.5 Å². The van der Waals surface area contributed by atoms with E-state index in [0.29, 0.717) is 22.3 Å². The van der Waals surface area contributed by atoms with E-state index >= 15 is 0 Å². The van der Waals surface area contributed by atoms with Crippen LogP contribution < -0.4 is 14.2 Å². The minimum Gasteiger partial charge on any atom is -0.403 e. The number of allylic oxidation sites excluding steroid dienone is 1. The van der Waals surface area contributed by atoms with Gasteiger partial charge in [-0.05, 0) is 163 Å². The molecule has 0 saturated heterocycles. The van der Waals surface area contributed by atoms with E-state index in [1.54, 1.807) is 30.3 Å². The van der Waals surface area contributed by atoms with E-state index in [9.17, 15) is 61.5 Å². The van der Waals surface area contributed by atoms with Crippen LogP contribution in [0.3, 0.4) is 0 Å². The SMILES string of the molecule is C=CCCc1ccc2cc(-c3ccc(OC(F)(F)F)c(F)c3)ccc2c1.CCCc1ccc2cc(-c3cc(F)c(OC(F)(F)F)c(F)c3)ccc2c1.CCc1ccc2cc(-c3cc(F)c(OC(F)(F)F)c(F)c3)ccc2c1. The van der Waals surface area contributed by atoms with Crippen LogP contribution in [0.4, 0.5) is 61.5 Å². The maximum atomic E-state index is 13.9. The van der Waals surface area contributed by atoms with E-state index in [2.05, 4.69) is 33.8 Å². The Morgan fingerprint density at radius 1 is 0.364 bits per heavy atom. The highest BCUT2D eigenvalue weighted by atomic mass is 19.4. The summed E-state index contributed by atoms with van der Waals surface area (Å²) in [6.45, 7) is 7.83. The van der Waals surface area contributed by atoms with Gasteiger partial charge in [0.05, 0.1) is 0 Å². The van der Waals surface area contributed by atoms with Crippen molar-refractivity contribution in [2.45, 2.75) is 65.0 Å². The Morgan fingerprint density at radius 2 is 0.688 bits per heavy atom. The molecular formula is C60H44F14O3. The molecule has 0 saturated carbocycles. The van der Waals surface area contributed by atoms with Gasteiger partial charge in [-0.25, -0.2) is 22.0 Å². The molecule has 3 nitrogen and oxygen atoms in total. The van der Waals surface area contributed by atoms with Crippen LogP contribution in [0, 0.1) is 29.1 Å². The molecule has 0 fully saturated rings. The van der Waals surface area contributed by atoms with Crippen molar-refractivity contribution in [2.24, 2.45) is 0 Å². The zero-order valence-corrected chi connectivity index (χ0v) is 40.8. The molecule has 0 spiro atoms. The van der Waals surface area contributed by atoms with Crippen molar-refractivity contribution in [3.8, 4) is 50.6 Å². The molecule has 0 N–H and O–H groups in total. The first-order valence-electron chi connectivity index (χ1n) is 23.6. The fourth-order valence-electron chi connectivity index (χ4n) is 8.28. The van der Waals surface area contributed by atoms with Crippen LogP contribution in [0.15, 0.2) is 164 Å². The molecule has 0 atom stereocenters. The summed E-state index contributed by atoms with van der Waals surface area (Å²) in [6, 6.07) is 40.7. The average molecular weight is 1080 g/mol. The smallest absolute Gasteiger partial charge is 0.403 e. The topological polar surface area (TPSA) is 27.7 Å². The molecule has 9 aromatic rings. The van der Waals surface area contributed by atoms with E-state index in [0.717, 1.165) is 106 Å². The summed E-state index contributed by atoms with van der Waals surface area (Å²) in [5.41, 5.74) is 6.00. The van der Waals surface area contributed by atoms with Gasteiger partial charge in [0, 0.05) is 0 Å². The Bertz CT molecular complexity index is 3520. The first-order valence-corrected chi connectivity index (χ1v) is 23.6. The normalized spacial score (nSPS) is 11.7. The van der Waals surface area contributed by atoms with Gasteiger partial charge in [0.25, 0.3) is 0 Å². The van der Waals surface area contributed by atoms with Gasteiger partial charge < -0.3 is 14.2 Å². The summed E-state index contributed by atoms with van der Waals surface area (Å²) < 4.78 is 190. The first-order chi connectivity index (χ1) is 36.4. The molecule has 0 unspecified atom stereocenters. The van der Waals surface area contributed by atoms with Gasteiger partial charge in [0.15, 0.2) is 34.8 Å². The van der Waals surface area contributed by atoms with Crippen LogP contribution in [-0.2, 0) is 19.3 Å². The highest BCUT2D eigenvalue weighted by Crippen LogP contribution is 2.37. The number of rotatable bonds is 12. The maximum Gasteiger partial charge on any atom is 0.573 e. The zero-order chi connectivity index (χ0) is 55.8. The molecular weight excluding hydrogens is 1030 g/mol. The van der Waals surface area contributed by atoms with Gasteiger partial charge in [0.1, 0.15) is 0 Å². The molecule has 400 valence electrons. The second kappa shape index (κ2) is 23.9. The molecule has 17 heteroatoms. The molecule has 0 aliphatic heterocycles. The summed E-state index contributed by atoms with van der Waals surface area (Å²) in [5, 5.41) is 5.72. The first kappa shape index (κ1) is 56.6. The summed E-state index contributed by atoms with van der Waals surface area (Å²) in [5.74, 6) is -10.4. The predicted octanol–water partition coefficient (Wildman–Crippen LogP) is 19.5. The van der Waals surface area contributed by atoms with Crippen LogP contribution in [0.1, 0.15) is 43.4 Å². The standard InChI is InChI=1S/C21H16F4O.C20H15F5O.C19H13F5O/c1-2-3-4-14-5-6-16-12-17(8-7-15(16)11-14)18-9-10-20(19(22)13-18)26-21(23,24)25;1-2-3-12-4-5-14-9-15(7-6-13(14)8-12)16-10-17(21)19(18(22)11-16)26-20(23,24)25;1-2-11-3-4-13-8-14(6-5-12(13)7-11)15-9-16(20)18(17(21)10-15)25-19(22,23)24/h2,5-13H,1,3-4H2;4-11H,2-3H2,1H3;3-10H,2H2,1H3. The maximum absolute atomic E-state index is 13.9. The Balaban J connectivity index is 0.000000168. The van der Waals surface area contributed by atoms with E-state index in [1.807, 2.05) is 85.8 Å². The lowest BCUT2D eigenvalue weighted by Gasteiger charge is -2.12. The van der Waals surface area contributed by atoms with Gasteiger partial charge in [-0.15, -0.1) is 46.1 Å². The third-order valence-corrected chi connectivity index (χ3v) is 11.9. The summed E-state index contributed by atoms with van der Waals surface area (Å²) >= 11 is 0. The van der Waals surface area contributed by atoms with Crippen LogP contribution >= 0.6 is 0 Å². The molecule has 0 heterocycles. The second-order valence-electron chi connectivity index (χ2n) is 17.4. The lowest BCUT2D eigenvalue weighted by Crippen LogP contribution is -2.19. The van der Waals surface area contributed by atoms with Crippen molar-refractivity contribution in [1.82, 2.24) is 0 Å². The van der Waals surface area contributed by atoms with Gasteiger partial charge in [-0.2, -0.15) is 0 Å². The Hall–Kier alpha value is -8.08. The number of alkyl halides is 9. The predicted molar refractivity (Wildman–Crippen MR) is 270 cm³/mol. The lowest BCUT2D eigenvalue weighted by atomic mass is 9.98. The van der Waals surface area contributed by atoms with E-state index in [1.165, 1.54) is 17.2 Å². The molecule has 77 heavy (non-hydrogen) atoms. The number of hydrogen-bond donors (Lipinski definition) is 0. The van der Waals surface area contributed by atoms with Gasteiger partial charge >= 0.3 is 19.1 Å². The van der Waals surface area contributed by atoms with Gasteiger partial charge in [-0.3, -0.25) is 0 Å². The zero-order valence-electron chi connectivity index (χ0n) is 40.8. The molecule has 0 radical (unpaired) electrons. The number of fused-ring (bicyclic) bond motifs is 3. The lowest BCUT2D eigenvalue weighted by molar-refractivity contribution is -0.277. The molecule has 0 aliphatic rings. The van der Waals surface area contributed by atoms with E-state index in [4.69, 9.17) is 0 Å². The highest BCUT2D eigenvalue weighted by Gasteiger charge is 2.36. The summed E-state index contributed by atoms with van der Waals surface area (Å²) in [7, 11) is 0.